The fourth-order valence-electron chi connectivity index (χ4n) is 2.08. The maximum Gasteiger partial charge on any atom is 0.343 e. The molecule has 7 nitrogen and oxygen atoms in total. The second-order valence-corrected chi connectivity index (χ2v) is 5.68. The SMILES string of the molecule is O=C(CNc1noc(-c2ccc(Cl)cc2)c1C(=O)O)NC1CC1. The number of hydrogen-bond acceptors (Lipinski definition) is 5. The molecule has 0 atom stereocenters. The summed E-state index contributed by atoms with van der Waals surface area (Å²) in [6, 6.07) is 6.77. The van der Waals surface area contributed by atoms with Gasteiger partial charge >= 0.3 is 5.97 Å². The van der Waals surface area contributed by atoms with Gasteiger partial charge in [-0.3, -0.25) is 4.79 Å². The number of aromatic carboxylic acids is 1. The Labute approximate surface area is 136 Å². The molecule has 23 heavy (non-hydrogen) atoms. The summed E-state index contributed by atoms with van der Waals surface area (Å²) in [4.78, 5) is 23.2. The molecule has 1 saturated carbocycles. The van der Waals surface area contributed by atoms with Crippen molar-refractivity contribution in [1.82, 2.24) is 10.5 Å². The van der Waals surface area contributed by atoms with Crippen LogP contribution in [0.1, 0.15) is 23.2 Å². The molecule has 0 radical (unpaired) electrons. The summed E-state index contributed by atoms with van der Waals surface area (Å²) in [6.45, 7) is -0.0661. The Hall–Kier alpha value is -2.54. The molecule has 120 valence electrons. The van der Waals surface area contributed by atoms with Crippen LogP contribution in [-0.4, -0.2) is 34.7 Å². The van der Waals surface area contributed by atoms with E-state index in [2.05, 4.69) is 15.8 Å². The van der Waals surface area contributed by atoms with Crippen molar-refractivity contribution in [2.45, 2.75) is 18.9 Å². The number of aromatic nitrogens is 1. The van der Waals surface area contributed by atoms with Crippen LogP contribution >= 0.6 is 11.6 Å². The van der Waals surface area contributed by atoms with Crippen LogP contribution in [0.4, 0.5) is 5.82 Å². The van der Waals surface area contributed by atoms with Gasteiger partial charge in [0.15, 0.2) is 17.1 Å². The van der Waals surface area contributed by atoms with Gasteiger partial charge in [-0.1, -0.05) is 16.8 Å². The van der Waals surface area contributed by atoms with Crippen LogP contribution in [0, 0.1) is 0 Å². The molecule has 0 unspecified atom stereocenters. The first kappa shape index (κ1) is 15.4. The van der Waals surface area contributed by atoms with Gasteiger partial charge in [-0.25, -0.2) is 4.79 Å². The normalized spacial score (nSPS) is 13.6. The predicted octanol–water partition coefficient (Wildman–Crippen LogP) is 2.38. The van der Waals surface area contributed by atoms with E-state index in [0.717, 1.165) is 12.8 Å². The molecule has 1 aliphatic rings. The number of nitrogens with zero attached hydrogens (tertiary/aromatic N) is 1. The molecule has 3 rings (SSSR count). The molecule has 0 spiro atoms. The highest BCUT2D eigenvalue weighted by atomic mass is 35.5. The van der Waals surface area contributed by atoms with Crippen molar-refractivity contribution in [3.8, 4) is 11.3 Å². The number of anilines is 1. The third-order valence-corrected chi connectivity index (χ3v) is 3.62. The number of halogens is 1. The molecule has 1 aromatic heterocycles. The van der Waals surface area contributed by atoms with Crippen molar-refractivity contribution in [1.29, 1.82) is 0 Å². The topological polar surface area (TPSA) is 104 Å². The van der Waals surface area contributed by atoms with Crippen LogP contribution in [-0.2, 0) is 4.79 Å². The maximum atomic E-state index is 11.7. The first-order valence-corrected chi connectivity index (χ1v) is 7.44. The number of carbonyl (C=O) groups excluding carboxylic acids is 1. The highest BCUT2D eigenvalue weighted by Gasteiger charge is 2.26. The zero-order valence-corrected chi connectivity index (χ0v) is 12.8. The quantitative estimate of drug-likeness (QED) is 0.748. The predicted molar refractivity (Wildman–Crippen MR) is 83.6 cm³/mol. The van der Waals surface area contributed by atoms with E-state index in [-0.39, 0.29) is 35.6 Å². The average molecular weight is 336 g/mol. The van der Waals surface area contributed by atoms with Crippen molar-refractivity contribution in [3.05, 3.63) is 34.9 Å². The number of rotatable bonds is 6. The van der Waals surface area contributed by atoms with Gasteiger partial charge in [-0.15, -0.1) is 0 Å². The van der Waals surface area contributed by atoms with E-state index in [1.807, 2.05) is 0 Å². The van der Waals surface area contributed by atoms with Crippen molar-refractivity contribution in [3.63, 3.8) is 0 Å². The van der Waals surface area contributed by atoms with Crippen molar-refractivity contribution < 1.29 is 19.2 Å². The first-order chi connectivity index (χ1) is 11.0. The summed E-state index contributed by atoms with van der Waals surface area (Å²) < 4.78 is 5.14. The molecular weight excluding hydrogens is 322 g/mol. The third kappa shape index (κ3) is 3.62. The molecule has 1 heterocycles. The van der Waals surface area contributed by atoms with Crippen LogP contribution in [0.15, 0.2) is 28.8 Å². The molecule has 1 amide bonds. The highest BCUT2D eigenvalue weighted by molar-refractivity contribution is 6.30. The number of carboxylic acid groups (broad SMARTS) is 1. The summed E-state index contributed by atoms with van der Waals surface area (Å²) in [5.41, 5.74) is 0.418. The summed E-state index contributed by atoms with van der Waals surface area (Å²) in [6.07, 6.45) is 1.97. The monoisotopic (exact) mass is 335 g/mol. The first-order valence-electron chi connectivity index (χ1n) is 7.06. The molecular formula is C15H14ClN3O4. The van der Waals surface area contributed by atoms with Gasteiger partial charge in [-0.05, 0) is 37.1 Å². The van der Waals surface area contributed by atoms with E-state index >= 15 is 0 Å². The lowest BCUT2D eigenvalue weighted by molar-refractivity contribution is -0.119. The second-order valence-electron chi connectivity index (χ2n) is 5.24. The number of hydrogen-bond donors (Lipinski definition) is 3. The number of amides is 1. The molecule has 1 aliphatic carbocycles. The number of nitrogens with one attached hydrogen (secondary N) is 2. The lowest BCUT2D eigenvalue weighted by Gasteiger charge is -2.05. The Morgan fingerprint density at radius 1 is 1.30 bits per heavy atom. The molecule has 2 aromatic rings. The van der Waals surface area contributed by atoms with Gasteiger partial charge in [0.2, 0.25) is 5.91 Å². The Kier molecular flexibility index (Phi) is 4.20. The van der Waals surface area contributed by atoms with Crippen LogP contribution in [0.3, 0.4) is 0 Å². The standard InChI is InChI=1S/C15H14ClN3O4/c16-9-3-1-8(2-4-9)13-12(15(21)22)14(19-23-13)17-7-11(20)18-10-5-6-10/h1-4,10H,5-7H2,(H,17,19)(H,18,20)(H,21,22). The maximum absolute atomic E-state index is 11.7. The van der Waals surface area contributed by atoms with Gasteiger partial charge in [0, 0.05) is 16.6 Å². The van der Waals surface area contributed by atoms with Crippen LogP contribution in [0.2, 0.25) is 5.02 Å². The molecule has 8 heteroatoms. The summed E-state index contributed by atoms with van der Waals surface area (Å²) in [5.74, 6) is -1.27. The fourth-order valence-corrected chi connectivity index (χ4v) is 2.20. The van der Waals surface area contributed by atoms with E-state index in [9.17, 15) is 14.7 Å². The van der Waals surface area contributed by atoms with E-state index in [4.69, 9.17) is 16.1 Å². The minimum Gasteiger partial charge on any atom is -0.477 e. The largest absolute Gasteiger partial charge is 0.477 e. The van der Waals surface area contributed by atoms with E-state index < -0.39 is 5.97 Å². The van der Waals surface area contributed by atoms with Gasteiger partial charge in [0.1, 0.15) is 0 Å². The summed E-state index contributed by atoms with van der Waals surface area (Å²) >= 11 is 5.82. The van der Waals surface area contributed by atoms with Crippen LogP contribution in [0.5, 0.6) is 0 Å². The Bertz CT molecular complexity index is 738. The minimum absolute atomic E-state index is 0.0217. The number of carbonyl (C=O) groups is 2. The zero-order chi connectivity index (χ0) is 16.4. The fraction of sp³-hybridized carbons (Fsp3) is 0.267. The van der Waals surface area contributed by atoms with E-state index in [1.165, 1.54) is 0 Å². The lowest BCUT2D eigenvalue weighted by Crippen LogP contribution is -2.31. The Balaban J connectivity index is 1.79. The van der Waals surface area contributed by atoms with Crippen LogP contribution in [0.25, 0.3) is 11.3 Å². The van der Waals surface area contributed by atoms with Crippen molar-refractivity contribution in [2.24, 2.45) is 0 Å². The van der Waals surface area contributed by atoms with Crippen molar-refractivity contribution >= 4 is 29.3 Å². The third-order valence-electron chi connectivity index (χ3n) is 3.37. The summed E-state index contributed by atoms with van der Waals surface area (Å²) in [5, 5.41) is 19.2. The molecule has 0 bridgehead atoms. The highest BCUT2D eigenvalue weighted by Crippen LogP contribution is 2.30. The number of carboxylic acids is 1. The number of benzene rings is 1. The van der Waals surface area contributed by atoms with Crippen molar-refractivity contribution in [2.75, 3.05) is 11.9 Å². The molecule has 3 N–H and O–H groups in total. The van der Waals surface area contributed by atoms with Gasteiger partial charge in [-0.2, -0.15) is 0 Å². The van der Waals surface area contributed by atoms with Gasteiger partial charge in [0.05, 0.1) is 6.54 Å². The molecule has 0 aliphatic heterocycles. The minimum atomic E-state index is -1.19. The van der Waals surface area contributed by atoms with Gasteiger partial charge < -0.3 is 20.3 Å². The molecule has 0 saturated heterocycles. The molecule has 1 aromatic carbocycles. The average Bonchev–Trinajstić information content (AvgIpc) is 3.22. The second kappa shape index (κ2) is 6.29. The zero-order valence-electron chi connectivity index (χ0n) is 12.0. The van der Waals surface area contributed by atoms with Crippen LogP contribution < -0.4 is 10.6 Å². The molecule has 1 fully saturated rings. The van der Waals surface area contributed by atoms with E-state index in [1.54, 1.807) is 24.3 Å². The Morgan fingerprint density at radius 2 is 2.00 bits per heavy atom. The smallest absolute Gasteiger partial charge is 0.343 e. The summed E-state index contributed by atoms with van der Waals surface area (Å²) in [7, 11) is 0. The Morgan fingerprint density at radius 3 is 2.61 bits per heavy atom. The van der Waals surface area contributed by atoms with Gasteiger partial charge in [0.25, 0.3) is 0 Å². The van der Waals surface area contributed by atoms with E-state index in [0.29, 0.717) is 10.6 Å². The lowest BCUT2D eigenvalue weighted by atomic mass is 10.1.